The number of benzene rings is 1. The number of piperidine rings is 1. The van der Waals surface area contributed by atoms with Crippen molar-refractivity contribution in [3.05, 3.63) is 53.2 Å². The molecule has 0 spiro atoms. The van der Waals surface area contributed by atoms with Crippen LogP contribution in [0.25, 0.3) is 0 Å². The van der Waals surface area contributed by atoms with Crippen molar-refractivity contribution in [2.24, 2.45) is 5.92 Å². The molecule has 3 rings (SSSR count). The lowest BCUT2D eigenvalue weighted by molar-refractivity contribution is -0.126. The molecule has 2 heterocycles. The smallest absolute Gasteiger partial charge is 0.252 e. The first-order valence-electron chi connectivity index (χ1n) is 8.02. The van der Waals surface area contributed by atoms with E-state index >= 15 is 0 Å². The predicted octanol–water partition coefficient (Wildman–Crippen LogP) is 2.60. The summed E-state index contributed by atoms with van der Waals surface area (Å²) in [6, 6.07) is 9.32. The van der Waals surface area contributed by atoms with Gasteiger partial charge in [0.05, 0.1) is 5.92 Å². The average molecular weight is 382 g/mol. The molecule has 5 nitrogen and oxygen atoms in total. The largest absolute Gasteiger partial charge is 0.352 e. The first kappa shape index (κ1) is 18.0. The van der Waals surface area contributed by atoms with Gasteiger partial charge in [0.25, 0.3) is 10.0 Å². The van der Waals surface area contributed by atoms with Gasteiger partial charge >= 0.3 is 0 Å². The van der Waals surface area contributed by atoms with Crippen molar-refractivity contribution in [2.45, 2.75) is 23.6 Å². The molecular formula is C17H19FN2O3S2. The van der Waals surface area contributed by atoms with E-state index in [1.807, 2.05) is 0 Å². The predicted molar refractivity (Wildman–Crippen MR) is 94.0 cm³/mol. The minimum Gasteiger partial charge on any atom is -0.352 e. The van der Waals surface area contributed by atoms with E-state index in [0.717, 1.165) is 0 Å². The monoisotopic (exact) mass is 382 g/mol. The van der Waals surface area contributed by atoms with E-state index in [1.54, 1.807) is 29.6 Å². The van der Waals surface area contributed by atoms with Gasteiger partial charge in [0.15, 0.2) is 0 Å². The summed E-state index contributed by atoms with van der Waals surface area (Å²) in [5.41, 5.74) is 0.673. The van der Waals surface area contributed by atoms with Crippen LogP contribution in [0, 0.1) is 11.7 Å². The lowest BCUT2D eigenvalue weighted by Crippen LogP contribution is -2.45. The highest BCUT2D eigenvalue weighted by Crippen LogP contribution is 2.26. The van der Waals surface area contributed by atoms with Crippen molar-refractivity contribution in [1.29, 1.82) is 0 Å². The number of amides is 1. The van der Waals surface area contributed by atoms with Crippen molar-refractivity contribution < 1.29 is 17.6 Å². The van der Waals surface area contributed by atoms with Crippen LogP contribution >= 0.6 is 11.3 Å². The van der Waals surface area contributed by atoms with E-state index in [0.29, 0.717) is 29.2 Å². The van der Waals surface area contributed by atoms with Gasteiger partial charge in [-0.25, -0.2) is 12.8 Å². The Morgan fingerprint density at radius 3 is 2.88 bits per heavy atom. The summed E-state index contributed by atoms with van der Waals surface area (Å²) in [7, 11) is -3.54. The fraction of sp³-hybridized carbons (Fsp3) is 0.353. The van der Waals surface area contributed by atoms with E-state index < -0.39 is 15.9 Å². The van der Waals surface area contributed by atoms with Gasteiger partial charge in [0.1, 0.15) is 10.0 Å². The molecule has 2 aromatic rings. The average Bonchev–Trinajstić information content (AvgIpc) is 3.15. The molecule has 0 aliphatic carbocycles. The van der Waals surface area contributed by atoms with Gasteiger partial charge in [-0.15, -0.1) is 11.3 Å². The summed E-state index contributed by atoms with van der Waals surface area (Å²) >= 11 is 1.18. The van der Waals surface area contributed by atoms with Gasteiger partial charge in [-0.3, -0.25) is 4.79 Å². The number of rotatable bonds is 5. The van der Waals surface area contributed by atoms with Crippen LogP contribution < -0.4 is 5.32 Å². The Kier molecular flexibility index (Phi) is 5.51. The minimum absolute atomic E-state index is 0.176. The van der Waals surface area contributed by atoms with Gasteiger partial charge in [-0.05, 0) is 42.0 Å². The Hall–Kier alpha value is -1.77. The van der Waals surface area contributed by atoms with Crippen molar-refractivity contribution >= 4 is 27.3 Å². The van der Waals surface area contributed by atoms with Crippen LogP contribution in [0.5, 0.6) is 0 Å². The van der Waals surface area contributed by atoms with E-state index in [9.17, 15) is 17.6 Å². The molecule has 0 unspecified atom stereocenters. The number of nitrogens with one attached hydrogen (secondary N) is 1. The molecule has 0 radical (unpaired) electrons. The highest BCUT2D eigenvalue weighted by atomic mass is 32.2. The molecule has 1 aliphatic heterocycles. The molecule has 1 N–H and O–H groups in total. The van der Waals surface area contributed by atoms with Crippen molar-refractivity contribution in [1.82, 2.24) is 9.62 Å². The lowest BCUT2D eigenvalue weighted by atomic mass is 9.99. The molecule has 0 saturated carbocycles. The first-order valence-corrected chi connectivity index (χ1v) is 10.3. The number of carbonyl (C=O) groups is 1. The standard InChI is InChI=1S/C17H19FN2O3S2/c18-15-6-1-4-13(10-15)11-19-17(21)14-5-2-8-20(12-14)25(22,23)16-7-3-9-24-16/h1,3-4,6-7,9-10,14H,2,5,8,11-12H2,(H,19,21)/t14-/m0/s1. The third kappa shape index (κ3) is 4.26. The van der Waals surface area contributed by atoms with Crippen LogP contribution in [-0.4, -0.2) is 31.7 Å². The number of thiophene rings is 1. The molecular weight excluding hydrogens is 363 g/mol. The summed E-state index contributed by atoms with van der Waals surface area (Å²) in [6.07, 6.45) is 1.29. The van der Waals surface area contributed by atoms with Gasteiger partial charge in [0, 0.05) is 19.6 Å². The molecule has 1 atom stereocenters. The fourth-order valence-electron chi connectivity index (χ4n) is 2.89. The Balaban J connectivity index is 1.62. The second-order valence-electron chi connectivity index (χ2n) is 5.98. The highest BCUT2D eigenvalue weighted by Gasteiger charge is 2.33. The number of hydrogen-bond acceptors (Lipinski definition) is 4. The van der Waals surface area contributed by atoms with Crippen LogP contribution in [0.2, 0.25) is 0 Å². The summed E-state index contributed by atoms with van der Waals surface area (Å²) < 4.78 is 40.1. The van der Waals surface area contributed by atoms with Crippen LogP contribution in [0.3, 0.4) is 0 Å². The third-order valence-corrected chi connectivity index (χ3v) is 7.44. The molecule has 1 amide bonds. The van der Waals surface area contributed by atoms with Crippen molar-refractivity contribution in [3.8, 4) is 0 Å². The minimum atomic E-state index is -3.54. The lowest BCUT2D eigenvalue weighted by Gasteiger charge is -2.30. The molecule has 8 heteroatoms. The molecule has 1 saturated heterocycles. The van der Waals surface area contributed by atoms with E-state index in [1.165, 1.54) is 27.8 Å². The maximum Gasteiger partial charge on any atom is 0.252 e. The first-order chi connectivity index (χ1) is 12.0. The molecule has 1 aromatic heterocycles. The van der Waals surface area contributed by atoms with Crippen molar-refractivity contribution in [2.75, 3.05) is 13.1 Å². The summed E-state index contributed by atoms with van der Waals surface area (Å²) in [5.74, 6) is -0.940. The molecule has 1 fully saturated rings. The highest BCUT2D eigenvalue weighted by molar-refractivity contribution is 7.91. The number of sulfonamides is 1. The quantitative estimate of drug-likeness (QED) is 0.864. The van der Waals surface area contributed by atoms with Gasteiger partial charge in [0.2, 0.25) is 5.91 Å². The molecule has 1 aliphatic rings. The zero-order valence-corrected chi connectivity index (χ0v) is 15.2. The number of nitrogens with zero attached hydrogens (tertiary/aromatic N) is 1. The number of hydrogen-bond donors (Lipinski definition) is 1. The Morgan fingerprint density at radius 1 is 1.32 bits per heavy atom. The van der Waals surface area contributed by atoms with Crippen LogP contribution in [0.15, 0.2) is 46.0 Å². The molecule has 0 bridgehead atoms. The number of carbonyl (C=O) groups excluding carboxylic acids is 1. The van der Waals surface area contributed by atoms with Crippen LogP contribution in [0.1, 0.15) is 18.4 Å². The van der Waals surface area contributed by atoms with Gasteiger partial charge in [-0.2, -0.15) is 4.31 Å². The maximum absolute atomic E-state index is 13.2. The summed E-state index contributed by atoms with van der Waals surface area (Å²) in [4.78, 5) is 12.4. The molecule has 1 aromatic carbocycles. The van der Waals surface area contributed by atoms with E-state index in [2.05, 4.69) is 5.32 Å². The fourth-order valence-corrected chi connectivity index (χ4v) is 5.56. The van der Waals surface area contributed by atoms with Gasteiger partial charge in [-0.1, -0.05) is 18.2 Å². The third-order valence-electron chi connectivity index (χ3n) is 4.20. The zero-order valence-electron chi connectivity index (χ0n) is 13.5. The zero-order chi connectivity index (χ0) is 17.9. The van der Waals surface area contributed by atoms with Crippen LogP contribution in [-0.2, 0) is 21.4 Å². The second-order valence-corrected chi connectivity index (χ2v) is 9.09. The summed E-state index contributed by atoms with van der Waals surface area (Å²) in [5, 5.41) is 4.50. The molecule has 134 valence electrons. The number of halogens is 1. The molecule has 25 heavy (non-hydrogen) atoms. The SMILES string of the molecule is O=C(NCc1cccc(F)c1)[C@H]1CCCN(S(=O)(=O)c2cccs2)C1. The van der Waals surface area contributed by atoms with E-state index in [4.69, 9.17) is 0 Å². The Morgan fingerprint density at radius 2 is 2.16 bits per heavy atom. The second kappa shape index (κ2) is 7.63. The van der Waals surface area contributed by atoms with Crippen molar-refractivity contribution in [3.63, 3.8) is 0 Å². The van der Waals surface area contributed by atoms with Crippen LogP contribution in [0.4, 0.5) is 4.39 Å². The maximum atomic E-state index is 13.2. The van der Waals surface area contributed by atoms with Gasteiger partial charge < -0.3 is 5.32 Å². The van der Waals surface area contributed by atoms with E-state index in [-0.39, 0.29) is 24.8 Å². The normalized spacial score (nSPS) is 18.8. The Labute approximate surface area is 150 Å². The Bertz CT molecular complexity index is 837. The topological polar surface area (TPSA) is 66.5 Å². The summed E-state index contributed by atoms with van der Waals surface area (Å²) in [6.45, 7) is 0.827.